The van der Waals surface area contributed by atoms with Gasteiger partial charge < -0.3 is 4.74 Å². The molecule has 0 spiro atoms. The molecule has 0 aliphatic carbocycles. The van der Waals surface area contributed by atoms with E-state index in [9.17, 15) is 4.79 Å². The first-order valence-corrected chi connectivity index (χ1v) is 4.93. The van der Waals surface area contributed by atoms with Gasteiger partial charge in [-0.25, -0.2) is 0 Å². The van der Waals surface area contributed by atoms with E-state index in [0.29, 0.717) is 11.5 Å². The fraction of sp³-hybridized carbons (Fsp3) is 0.222. The van der Waals surface area contributed by atoms with Crippen molar-refractivity contribution in [1.29, 1.82) is 0 Å². The van der Waals surface area contributed by atoms with Crippen LogP contribution in [0, 0.1) is 0 Å². The van der Waals surface area contributed by atoms with Crippen LogP contribution in [-0.2, 0) is 0 Å². The van der Waals surface area contributed by atoms with Crippen molar-refractivity contribution in [2.24, 2.45) is 0 Å². The molecule has 0 fully saturated rings. The van der Waals surface area contributed by atoms with Crippen LogP contribution in [0.2, 0.25) is 0 Å². The van der Waals surface area contributed by atoms with Crippen LogP contribution in [0.25, 0.3) is 0 Å². The molecule has 1 aromatic carbocycles. The van der Waals surface area contributed by atoms with Crippen LogP contribution in [0.5, 0.6) is 5.75 Å². The third kappa shape index (κ3) is 2.58. The molecular weight excluding hydrogens is 172 g/mol. The molecule has 64 valence electrons. The zero-order valence-electron chi connectivity index (χ0n) is 6.82. The van der Waals surface area contributed by atoms with Crippen LogP contribution in [0.3, 0.4) is 0 Å². The smallest absolute Gasteiger partial charge is 0.150 e. The molecule has 0 saturated carbocycles. The summed E-state index contributed by atoms with van der Waals surface area (Å²) in [6.07, 6.45) is 2.79. The first-order chi connectivity index (χ1) is 5.86. The molecule has 0 N–H and O–H groups in total. The van der Waals surface area contributed by atoms with Crippen molar-refractivity contribution >= 4 is 18.0 Å². The summed E-state index contributed by atoms with van der Waals surface area (Å²) in [5, 5.41) is 0. The molecule has 0 aromatic heterocycles. The van der Waals surface area contributed by atoms with Crippen molar-refractivity contribution in [3.8, 4) is 5.75 Å². The molecule has 0 aliphatic rings. The second-order valence-electron chi connectivity index (χ2n) is 2.24. The number of ether oxygens (including phenoxy) is 1. The second kappa shape index (κ2) is 4.83. The summed E-state index contributed by atoms with van der Waals surface area (Å²) < 4.78 is 5.30. The van der Waals surface area contributed by atoms with Gasteiger partial charge in [0.1, 0.15) is 18.0 Å². The predicted octanol–water partition coefficient (Wildman–Crippen LogP) is 2.20. The topological polar surface area (TPSA) is 26.3 Å². The third-order valence-electron chi connectivity index (χ3n) is 1.36. The van der Waals surface area contributed by atoms with E-state index in [4.69, 9.17) is 4.74 Å². The first-order valence-electron chi connectivity index (χ1n) is 3.54. The molecule has 0 saturated heterocycles. The van der Waals surface area contributed by atoms with Gasteiger partial charge in [0.25, 0.3) is 0 Å². The standard InChI is InChI=1S/C9H10O2S/c1-12-7-11-9-4-2-8(6-10)3-5-9/h2-6H,7H2,1H3. The molecule has 1 aromatic rings. The summed E-state index contributed by atoms with van der Waals surface area (Å²) in [4.78, 5) is 10.3. The monoisotopic (exact) mass is 182 g/mol. The van der Waals surface area contributed by atoms with Gasteiger partial charge in [-0.2, -0.15) is 0 Å². The summed E-state index contributed by atoms with van der Waals surface area (Å²) in [7, 11) is 0. The maximum absolute atomic E-state index is 10.3. The highest BCUT2D eigenvalue weighted by molar-refractivity contribution is 7.98. The Morgan fingerprint density at radius 2 is 2.08 bits per heavy atom. The second-order valence-corrected chi connectivity index (χ2v) is 3.05. The quantitative estimate of drug-likeness (QED) is 0.527. The lowest BCUT2D eigenvalue weighted by Crippen LogP contribution is -1.91. The number of benzene rings is 1. The Morgan fingerprint density at radius 1 is 1.42 bits per heavy atom. The van der Waals surface area contributed by atoms with E-state index in [0.717, 1.165) is 12.0 Å². The average molecular weight is 182 g/mol. The minimum atomic E-state index is 0.639. The Kier molecular flexibility index (Phi) is 3.67. The number of thioether (sulfide) groups is 1. The van der Waals surface area contributed by atoms with Crippen molar-refractivity contribution in [2.45, 2.75) is 0 Å². The van der Waals surface area contributed by atoms with Crippen LogP contribution in [0.15, 0.2) is 24.3 Å². The molecule has 0 radical (unpaired) electrons. The number of aldehydes is 1. The van der Waals surface area contributed by atoms with E-state index < -0.39 is 0 Å². The summed E-state index contributed by atoms with van der Waals surface area (Å²) in [6.45, 7) is 0. The highest BCUT2D eigenvalue weighted by Gasteiger charge is 1.92. The Morgan fingerprint density at radius 3 is 2.58 bits per heavy atom. The van der Waals surface area contributed by atoms with Gasteiger partial charge in [0.2, 0.25) is 0 Å². The maximum Gasteiger partial charge on any atom is 0.150 e. The van der Waals surface area contributed by atoms with E-state index in [1.807, 2.05) is 6.26 Å². The normalized spacial score (nSPS) is 9.42. The van der Waals surface area contributed by atoms with E-state index in [-0.39, 0.29) is 0 Å². The molecule has 0 bridgehead atoms. The van der Waals surface area contributed by atoms with Crippen molar-refractivity contribution in [3.05, 3.63) is 29.8 Å². The highest BCUT2D eigenvalue weighted by Crippen LogP contribution is 2.12. The molecular formula is C9H10O2S. The summed E-state index contributed by atoms with van der Waals surface area (Å²) in [6, 6.07) is 7.06. The summed E-state index contributed by atoms with van der Waals surface area (Å²) in [5.41, 5.74) is 0.673. The van der Waals surface area contributed by atoms with Gasteiger partial charge in [0, 0.05) is 5.56 Å². The highest BCUT2D eigenvalue weighted by atomic mass is 32.2. The number of rotatable bonds is 4. The van der Waals surface area contributed by atoms with Gasteiger partial charge >= 0.3 is 0 Å². The van der Waals surface area contributed by atoms with E-state index >= 15 is 0 Å². The molecule has 0 heterocycles. The van der Waals surface area contributed by atoms with Gasteiger partial charge in [-0.1, -0.05) is 0 Å². The minimum Gasteiger partial charge on any atom is -0.483 e. The van der Waals surface area contributed by atoms with Gasteiger partial charge in [0.15, 0.2) is 0 Å². The fourth-order valence-electron chi connectivity index (χ4n) is 0.770. The van der Waals surface area contributed by atoms with Crippen molar-refractivity contribution < 1.29 is 9.53 Å². The van der Waals surface area contributed by atoms with Gasteiger partial charge in [0.05, 0.1) is 0 Å². The van der Waals surface area contributed by atoms with Crippen LogP contribution < -0.4 is 4.74 Å². The van der Waals surface area contributed by atoms with E-state index in [1.165, 1.54) is 0 Å². The van der Waals surface area contributed by atoms with Crippen LogP contribution >= 0.6 is 11.8 Å². The van der Waals surface area contributed by atoms with E-state index in [2.05, 4.69) is 0 Å². The minimum absolute atomic E-state index is 0.639. The number of hydrogen-bond donors (Lipinski definition) is 0. The lowest BCUT2D eigenvalue weighted by Gasteiger charge is -2.02. The summed E-state index contributed by atoms with van der Waals surface area (Å²) in [5.74, 6) is 1.44. The fourth-order valence-corrected chi connectivity index (χ4v) is 1.02. The van der Waals surface area contributed by atoms with Crippen molar-refractivity contribution in [3.63, 3.8) is 0 Å². The molecule has 3 heteroatoms. The number of carbonyl (C=O) groups excluding carboxylic acids is 1. The Bertz CT molecular complexity index is 243. The third-order valence-corrected chi connectivity index (χ3v) is 1.71. The zero-order chi connectivity index (χ0) is 8.81. The predicted molar refractivity (Wildman–Crippen MR) is 50.8 cm³/mol. The van der Waals surface area contributed by atoms with Crippen LogP contribution in [0.4, 0.5) is 0 Å². The first kappa shape index (κ1) is 9.13. The molecule has 0 amide bonds. The largest absolute Gasteiger partial charge is 0.483 e. The molecule has 2 nitrogen and oxygen atoms in total. The molecule has 1 rings (SSSR count). The lowest BCUT2D eigenvalue weighted by atomic mass is 10.2. The van der Waals surface area contributed by atoms with Crippen LogP contribution in [-0.4, -0.2) is 18.5 Å². The summed E-state index contributed by atoms with van der Waals surface area (Å²) >= 11 is 1.61. The van der Waals surface area contributed by atoms with E-state index in [1.54, 1.807) is 36.0 Å². The Balaban J connectivity index is 2.58. The van der Waals surface area contributed by atoms with Crippen LogP contribution in [0.1, 0.15) is 10.4 Å². The molecule has 0 aliphatic heterocycles. The zero-order valence-corrected chi connectivity index (χ0v) is 7.64. The number of hydrogen-bond acceptors (Lipinski definition) is 3. The molecule has 0 unspecified atom stereocenters. The molecule has 12 heavy (non-hydrogen) atoms. The Hall–Kier alpha value is -0.960. The van der Waals surface area contributed by atoms with Gasteiger partial charge in [-0.05, 0) is 30.5 Å². The molecule has 0 atom stereocenters. The van der Waals surface area contributed by atoms with Crippen molar-refractivity contribution in [2.75, 3.05) is 12.2 Å². The number of carbonyl (C=O) groups is 1. The SMILES string of the molecule is CSCOc1ccc(C=O)cc1. The Labute approximate surface area is 75.9 Å². The maximum atomic E-state index is 10.3. The lowest BCUT2D eigenvalue weighted by molar-refractivity contribution is 0.112. The average Bonchev–Trinajstić information content (AvgIpc) is 2.15. The van der Waals surface area contributed by atoms with Gasteiger partial charge in [-0.15, -0.1) is 11.8 Å². The van der Waals surface area contributed by atoms with Crippen molar-refractivity contribution in [1.82, 2.24) is 0 Å². The van der Waals surface area contributed by atoms with Gasteiger partial charge in [-0.3, -0.25) is 4.79 Å².